The first-order valence-corrected chi connectivity index (χ1v) is 14.7. The average Bonchev–Trinajstić information content (AvgIpc) is 3.58. The van der Waals surface area contributed by atoms with Crippen molar-refractivity contribution in [3.63, 3.8) is 0 Å². The van der Waals surface area contributed by atoms with E-state index in [0.717, 1.165) is 17.5 Å². The van der Waals surface area contributed by atoms with Crippen LogP contribution in [0.15, 0.2) is 89.8 Å². The van der Waals surface area contributed by atoms with Gasteiger partial charge in [0.25, 0.3) is 0 Å². The molecule has 0 amide bonds. The smallest absolute Gasteiger partial charge is 0.0408 e. The molecule has 2 fully saturated rings. The largest absolute Gasteiger partial charge is 0.303 e. The lowest BCUT2D eigenvalue weighted by Gasteiger charge is -2.33. The topological polar surface area (TPSA) is 6.48 Å². The van der Waals surface area contributed by atoms with Gasteiger partial charge in [-0.15, -0.1) is 0 Å². The van der Waals surface area contributed by atoms with Gasteiger partial charge in [-0.05, 0) is 111 Å². The van der Waals surface area contributed by atoms with E-state index < -0.39 is 0 Å². The lowest BCUT2D eigenvalue weighted by Crippen LogP contribution is -2.37. The first-order chi connectivity index (χ1) is 17.6. The molecule has 4 heteroatoms. The lowest BCUT2D eigenvalue weighted by atomic mass is 9.90. The Hall–Kier alpha value is -1.78. The summed E-state index contributed by atoms with van der Waals surface area (Å²) in [6, 6.07) is 30.3. The third-order valence-electron chi connectivity index (χ3n) is 8.25. The van der Waals surface area contributed by atoms with Crippen molar-refractivity contribution in [3.05, 3.63) is 101 Å². The first kappa shape index (κ1) is 25.9. The van der Waals surface area contributed by atoms with Crippen molar-refractivity contribution in [2.75, 3.05) is 33.2 Å². The van der Waals surface area contributed by atoms with Gasteiger partial charge in [-0.2, -0.15) is 0 Å². The van der Waals surface area contributed by atoms with Crippen LogP contribution in [-0.2, 0) is 11.8 Å². The Bertz CT molecular complexity index is 1080. The molecule has 1 aliphatic heterocycles. The fourth-order valence-corrected chi connectivity index (χ4v) is 7.28. The van der Waals surface area contributed by atoms with Gasteiger partial charge in [0.15, 0.2) is 0 Å². The number of piperidine rings is 1. The molecule has 2 atom stereocenters. The number of hydrogen-bond donors (Lipinski definition) is 0. The summed E-state index contributed by atoms with van der Waals surface area (Å²) in [6.45, 7) is 4.78. The second-order valence-corrected chi connectivity index (χ2v) is 12.6. The Morgan fingerprint density at radius 1 is 0.944 bits per heavy atom. The maximum absolute atomic E-state index is 6.45. The molecular weight excluding hydrogens is 480 g/mol. The SMILES string of the molecule is CN(CC1(c2cccc(Cl)c2)CC1CN1CCC(CCCc2ccccc2)CC1)Sc1ccccc1. The molecule has 2 aliphatic rings. The molecule has 0 bridgehead atoms. The normalized spacial score (nSPS) is 22.7. The van der Waals surface area contributed by atoms with Crippen molar-refractivity contribution in [1.29, 1.82) is 0 Å². The minimum atomic E-state index is 0.202. The molecule has 0 aromatic heterocycles. The molecule has 3 aromatic rings. The highest BCUT2D eigenvalue weighted by molar-refractivity contribution is 7.97. The quantitative estimate of drug-likeness (QED) is 0.237. The standard InChI is InChI=1S/C32H39ClN2S/c1-34(36-31-16-6-3-7-17-31)25-32(28-14-9-15-30(33)22-28)23-29(32)24-35-20-18-27(19-21-35)13-8-12-26-10-4-2-5-11-26/h2-7,9-11,14-17,22,27,29H,8,12-13,18-21,23-25H2,1H3. The van der Waals surface area contributed by atoms with Crippen molar-refractivity contribution in [2.24, 2.45) is 11.8 Å². The van der Waals surface area contributed by atoms with Gasteiger partial charge in [0, 0.05) is 28.4 Å². The van der Waals surface area contributed by atoms with Crippen molar-refractivity contribution in [1.82, 2.24) is 9.21 Å². The number of aryl methyl sites for hydroxylation is 1. The zero-order chi connectivity index (χ0) is 24.8. The predicted molar refractivity (Wildman–Crippen MR) is 155 cm³/mol. The summed E-state index contributed by atoms with van der Waals surface area (Å²) in [7, 11) is 2.24. The van der Waals surface area contributed by atoms with Gasteiger partial charge in [-0.25, -0.2) is 4.31 Å². The van der Waals surface area contributed by atoms with Crippen LogP contribution in [0.2, 0.25) is 5.02 Å². The number of nitrogens with zero attached hydrogens (tertiary/aromatic N) is 2. The van der Waals surface area contributed by atoms with Gasteiger partial charge >= 0.3 is 0 Å². The molecule has 1 saturated heterocycles. The number of rotatable bonds is 11. The van der Waals surface area contributed by atoms with Crippen LogP contribution in [-0.4, -0.2) is 42.4 Å². The zero-order valence-electron chi connectivity index (χ0n) is 21.5. The molecular formula is C32H39ClN2S. The van der Waals surface area contributed by atoms with Crippen LogP contribution in [0.25, 0.3) is 0 Å². The summed E-state index contributed by atoms with van der Waals surface area (Å²) < 4.78 is 2.43. The number of likely N-dealkylation sites (N-methyl/N-ethyl adjacent to an activating group) is 1. The number of benzene rings is 3. The van der Waals surface area contributed by atoms with Crippen LogP contribution >= 0.6 is 23.5 Å². The van der Waals surface area contributed by atoms with Gasteiger partial charge in [-0.1, -0.05) is 78.7 Å². The van der Waals surface area contributed by atoms with Gasteiger partial charge < -0.3 is 4.90 Å². The van der Waals surface area contributed by atoms with Crippen LogP contribution in [0.5, 0.6) is 0 Å². The fraction of sp³-hybridized carbons (Fsp3) is 0.438. The number of likely N-dealkylation sites (tertiary alicyclic amines) is 1. The Balaban J connectivity index is 1.14. The van der Waals surface area contributed by atoms with Crippen molar-refractivity contribution in [2.45, 2.75) is 48.8 Å². The summed E-state index contributed by atoms with van der Waals surface area (Å²) in [5.41, 5.74) is 3.10. The van der Waals surface area contributed by atoms with Crippen LogP contribution in [0.4, 0.5) is 0 Å². The molecule has 5 rings (SSSR count). The van der Waals surface area contributed by atoms with Gasteiger partial charge in [0.2, 0.25) is 0 Å². The van der Waals surface area contributed by atoms with Crippen molar-refractivity contribution < 1.29 is 0 Å². The second kappa shape index (κ2) is 12.2. The molecule has 1 heterocycles. The highest BCUT2D eigenvalue weighted by Crippen LogP contribution is 2.56. The minimum absolute atomic E-state index is 0.202. The maximum Gasteiger partial charge on any atom is 0.0408 e. The van der Waals surface area contributed by atoms with Crippen LogP contribution in [0, 0.1) is 11.8 Å². The molecule has 1 saturated carbocycles. The van der Waals surface area contributed by atoms with E-state index in [9.17, 15) is 0 Å². The molecule has 36 heavy (non-hydrogen) atoms. The van der Waals surface area contributed by atoms with Crippen LogP contribution in [0.3, 0.4) is 0 Å². The molecule has 0 spiro atoms. The van der Waals surface area contributed by atoms with E-state index in [1.54, 1.807) is 0 Å². The third kappa shape index (κ3) is 6.75. The van der Waals surface area contributed by atoms with E-state index in [0.29, 0.717) is 5.92 Å². The summed E-state index contributed by atoms with van der Waals surface area (Å²) in [6.07, 6.45) is 7.88. The first-order valence-electron chi connectivity index (χ1n) is 13.6. The zero-order valence-corrected chi connectivity index (χ0v) is 23.1. The van der Waals surface area contributed by atoms with E-state index in [-0.39, 0.29) is 5.41 Å². The number of halogens is 1. The average molecular weight is 519 g/mol. The summed E-state index contributed by atoms with van der Waals surface area (Å²) in [5, 5.41) is 0.854. The Labute approximate surface area is 227 Å². The second-order valence-electron chi connectivity index (χ2n) is 10.9. The highest BCUT2D eigenvalue weighted by Gasteiger charge is 2.56. The Morgan fingerprint density at radius 2 is 1.67 bits per heavy atom. The van der Waals surface area contributed by atoms with Crippen LogP contribution in [0.1, 0.15) is 43.2 Å². The lowest BCUT2D eigenvalue weighted by molar-refractivity contribution is 0.167. The molecule has 3 aromatic carbocycles. The van der Waals surface area contributed by atoms with E-state index in [1.165, 1.54) is 74.2 Å². The molecule has 2 unspecified atom stereocenters. The van der Waals surface area contributed by atoms with Crippen LogP contribution < -0.4 is 0 Å². The summed E-state index contributed by atoms with van der Waals surface area (Å²) in [5.74, 6) is 1.60. The Kier molecular flexibility index (Phi) is 8.74. The summed E-state index contributed by atoms with van der Waals surface area (Å²) >= 11 is 8.30. The van der Waals surface area contributed by atoms with Gasteiger partial charge in [-0.3, -0.25) is 0 Å². The predicted octanol–water partition coefficient (Wildman–Crippen LogP) is 7.97. The van der Waals surface area contributed by atoms with Crippen molar-refractivity contribution >= 4 is 23.5 Å². The minimum Gasteiger partial charge on any atom is -0.303 e. The van der Waals surface area contributed by atoms with Gasteiger partial charge in [0.05, 0.1) is 0 Å². The van der Waals surface area contributed by atoms with E-state index in [1.807, 2.05) is 18.0 Å². The number of hydrogen-bond acceptors (Lipinski definition) is 3. The fourth-order valence-electron chi connectivity index (χ4n) is 6.16. The third-order valence-corrected chi connectivity index (χ3v) is 9.41. The highest BCUT2D eigenvalue weighted by atomic mass is 35.5. The summed E-state index contributed by atoms with van der Waals surface area (Å²) in [4.78, 5) is 4.04. The van der Waals surface area contributed by atoms with E-state index in [4.69, 9.17) is 11.6 Å². The maximum atomic E-state index is 6.45. The monoisotopic (exact) mass is 518 g/mol. The Morgan fingerprint density at radius 3 is 2.39 bits per heavy atom. The molecule has 0 radical (unpaired) electrons. The van der Waals surface area contributed by atoms with E-state index >= 15 is 0 Å². The molecule has 1 aliphatic carbocycles. The van der Waals surface area contributed by atoms with E-state index in [2.05, 4.69) is 95.1 Å². The van der Waals surface area contributed by atoms with Gasteiger partial charge in [0.1, 0.15) is 0 Å². The molecule has 0 N–H and O–H groups in total. The molecule has 190 valence electrons. The van der Waals surface area contributed by atoms with Crippen molar-refractivity contribution in [3.8, 4) is 0 Å². The molecule has 2 nitrogen and oxygen atoms in total.